The minimum Gasteiger partial charge on any atom is -0.338 e. The van der Waals surface area contributed by atoms with Crippen LogP contribution in [0.3, 0.4) is 0 Å². The van der Waals surface area contributed by atoms with E-state index < -0.39 is 11.7 Å². The fourth-order valence-electron chi connectivity index (χ4n) is 4.06. The van der Waals surface area contributed by atoms with Crippen molar-refractivity contribution in [2.45, 2.75) is 25.1 Å². The summed E-state index contributed by atoms with van der Waals surface area (Å²) in [6.07, 6.45) is -2.36. The van der Waals surface area contributed by atoms with Crippen LogP contribution in [0.15, 0.2) is 42.5 Å². The van der Waals surface area contributed by atoms with E-state index in [2.05, 4.69) is 15.0 Å². The summed E-state index contributed by atoms with van der Waals surface area (Å²) in [5.74, 6) is 0.462. The lowest BCUT2D eigenvalue weighted by molar-refractivity contribution is -0.137. The van der Waals surface area contributed by atoms with Crippen LogP contribution in [-0.2, 0) is 6.18 Å². The van der Waals surface area contributed by atoms with Crippen molar-refractivity contribution in [3.05, 3.63) is 53.6 Å². The zero-order chi connectivity index (χ0) is 19.5. The molecule has 2 saturated heterocycles. The van der Waals surface area contributed by atoms with Crippen molar-refractivity contribution in [3.63, 3.8) is 0 Å². The zero-order valence-electron chi connectivity index (χ0n) is 14.8. The van der Waals surface area contributed by atoms with Gasteiger partial charge in [0.15, 0.2) is 0 Å². The first-order chi connectivity index (χ1) is 13.4. The number of aromatic amines is 1. The molecule has 2 aliphatic rings. The fraction of sp³-hybridized carbons (Fsp3) is 0.300. The Morgan fingerprint density at radius 2 is 1.79 bits per heavy atom. The van der Waals surface area contributed by atoms with Crippen LogP contribution in [-0.4, -0.2) is 45.0 Å². The number of benzene rings is 2. The van der Waals surface area contributed by atoms with Crippen LogP contribution in [0.4, 0.5) is 13.2 Å². The van der Waals surface area contributed by atoms with Crippen molar-refractivity contribution in [1.82, 2.24) is 20.0 Å². The number of hydrogen-bond donors (Lipinski definition) is 1. The molecule has 0 radical (unpaired) electrons. The van der Waals surface area contributed by atoms with Gasteiger partial charge in [-0.25, -0.2) is 9.99 Å². The standard InChI is InChI=1S/C20H17F3N4O/c21-20(22,23)14-5-6-16-17(11-14)25-18(24-16)12-1-3-13(4-2-12)19(28)27-15-7-9-26(27)10-8-15/h1-6,11,15H,7-10H2,(H,24,25). The number of aromatic nitrogens is 2. The second-order valence-corrected chi connectivity index (χ2v) is 7.23. The van der Waals surface area contributed by atoms with E-state index in [-0.39, 0.29) is 5.91 Å². The molecule has 5 nitrogen and oxygen atoms in total. The monoisotopic (exact) mass is 386 g/mol. The Labute approximate surface area is 158 Å². The zero-order valence-corrected chi connectivity index (χ0v) is 14.8. The molecular weight excluding hydrogens is 369 g/mol. The van der Waals surface area contributed by atoms with Gasteiger partial charge in [0.25, 0.3) is 5.91 Å². The number of nitrogens with zero attached hydrogens (tertiary/aromatic N) is 3. The highest BCUT2D eigenvalue weighted by atomic mass is 19.4. The lowest BCUT2D eigenvalue weighted by Gasteiger charge is -2.23. The number of halogens is 3. The second-order valence-electron chi connectivity index (χ2n) is 7.23. The highest BCUT2D eigenvalue weighted by molar-refractivity contribution is 5.95. The number of fused-ring (bicyclic) bond motifs is 3. The van der Waals surface area contributed by atoms with Gasteiger partial charge in [0.1, 0.15) is 5.82 Å². The molecule has 1 N–H and O–H groups in total. The molecule has 3 heterocycles. The summed E-state index contributed by atoms with van der Waals surface area (Å²) in [5.41, 5.74) is 1.38. The minimum absolute atomic E-state index is 0.00836. The van der Waals surface area contributed by atoms with Crippen molar-refractivity contribution in [3.8, 4) is 11.4 Å². The van der Waals surface area contributed by atoms with Gasteiger partial charge >= 0.3 is 6.18 Å². The third kappa shape index (κ3) is 2.75. The third-order valence-electron chi connectivity index (χ3n) is 5.51. The molecule has 28 heavy (non-hydrogen) atoms. The Morgan fingerprint density at radius 1 is 1.07 bits per heavy atom. The van der Waals surface area contributed by atoms with Crippen LogP contribution >= 0.6 is 0 Å². The molecule has 2 aromatic carbocycles. The number of piperidine rings is 1. The molecule has 0 atom stereocenters. The highest BCUT2D eigenvalue weighted by Gasteiger charge is 2.41. The SMILES string of the molecule is O=C(c1ccc(-c2nc3ccc(C(F)(F)F)cc3[nH]2)cc1)N1C2CCN1CC2. The summed E-state index contributed by atoms with van der Waals surface area (Å²) in [5, 5.41) is 3.95. The van der Waals surface area contributed by atoms with Gasteiger partial charge in [0.05, 0.1) is 22.6 Å². The van der Waals surface area contributed by atoms with Crippen molar-refractivity contribution < 1.29 is 18.0 Å². The van der Waals surface area contributed by atoms with E-state index in [9.17, 15) is 18.0 Å². The number of rotatable bonds is 2. The van der Waals surface area contributed by atoms with Crippen LogP contribution in [0, 0.1) is 0 Å². The first-order valence-electron chi connectivity index (χ1n) is 9.16. The van der Waals surface area contributed by atoms with Gasteiger partial charge in [-0.1, -0.05) is 12.1 Å². The number of hydrogen-bond acceptors (Lipinski definition) is 3. The van der Waals surface area contributed by atoms with Crippen LogP contribution in [0.1, 0.15) is 28.8 Å². The number of hydrazine groups is 1. The highest BCUT2D eigenvalue weighted by Crippen LogP contribution is 2.32. The van der Waals surface area contributed by atoms with E-state index in [0.717, 1.165) is 38.1 Å². The summed E-state index contributed by atoms with van der Waals surface area (Å²) >= 11 is 0. The first kappa shape index (κ1) is 17.2. The molecular formula is C20H17F3N4O. The van der Waals surface area contributed by atoms with E-state index >= 15 is 0 Å². The third-order valence-corrected chi connectivity index (χ3v) is 5.51. The first-order valence-corrected chi connectivity index (χ1v) is 9.16. The van der Waals surface area contributed by atoms with Gasteiger partial charge in [0.2, 0.25) is 0 Å². The quantitative estimate of drug-likeness (QED) is 0.722. The maximum absolute atomic E-state index is 12.9. The van der Waals surface area contributed by atoms with Gasteiger partial charge in [-0.3, -0.25) is 9.80 Å². The van der Waals surface area contributed by atoms with Crippen molar-refractivity contribution >= 4 is 16.9 Å². The average Bonchev–Trinajstić information content (AvgIpc) is 3.40. The van der Waals surface area contributed by atoms with Crippen molar-refractivity contribution in [1.29, 1.82) is 0 Å². The van der Waals surface area contributed by atoms with Gasteiger partial charge < -0.3 is 4.98 Å². The number of H-pyrrole nitrogens is 1. The number of amides is 1. The molecule has 3 aromatic rings. The Morgan fingerprint density at radius 3 is 2.39 bits per heavy atom. The predicted molar refractivity (Wildman–Crippen MR) is 97.3 cm³/mol. The van der Waals surface area contributed by atoms with Crippen molar-refractivity contribution in [2.75, 3.05) is 13.1 Å². The van der Waals surface area contributed by atoms with E-state index in [4.69, 9.17) is 0 Å². The average molecular weight is 386 g/mol. The number of imidazole rings is 1. The molecule has 5 rings (SSSR count). The molecule has 1 amide bonds. The number of nitrogens with one attached hydrogen (secondary N) is 1. The van der Waals surface area contributed by atoms with Gasteiger partial charge in [-0.15, -0.1) is 0 Å². The smallest absolute Gasteiger partial charge is 0.338 e. The molecule has 0 aliphatic carbocycles. The van der Waals surface area contributed by atoms with Crippen molar-refractivity contribution in [2.24, 2.45) is 0 Å². The summed E-state index contributed by atoms with van der Waals surface area (Å²) in [6, 6.07) is 10.7. The van der Waals surface area contributed by atoms with Gasteiger partial charge in [0, 0.05) is 24.2 Å². The predicted octanol–water partition coefficient (Wildman–Crippen LogP) is 4.08. The minimum atomic E-state index is -4.40. The Hall–Kier alpha value is -2.87. The Kier molecular flexibility index (Phi) is 3.74. The van der Waals surface area contributed by atoms with E-state index in [1.54, 1.807) is 24.3 Å². The fourth-order valence-corrected chi connectivity index (χ4v) is 4.06. The lowest BCUT2D eigenvalue weighted by atomic mass is 10.1. The van der Waals surface area contributed by atoms with Gasteiger partial charge in [-0.2, -0.15) is 13.2 Å². The van der Waals surface area contributed by atoms with E-state index in [1.165, 1.54) is 6.07 Å². The topological polar surface area (TPSA) is 52.2 Å². The Balaban J connectivity index is 1.42. The maximum Gasteiger partial charge on any atom is 0.416 e. The second kappa shape index (κ2) is 6.07. The molecule has 1 aromatic heterocycles. The molecule has 2 aliphatic heterocycles. The van der Waals surface area contributed by atoms with E-state index in [0.29, 0.717) is 34.0 Å². The molecule has 8 heteroatoms. The largest absolute Gasteiger partial charge is 0.416 e. The maximum atomic E-state index is 12.9. The van der Waals surface area contributed by atoms with E-state index in [1.807, 2.05) is 5.01 Å². The normalized spacial score (nSPS) is 21.6. The summed E-state index contributed by atoms with van der Waals surface area (Å²) in [4.78, 5) is 20.1. The lowest BCUT2D eigenvalue weighted by Crippen LogP contribution is -2.38. The number of alkyl halides is 3. The molecule has 2 bridgehead atoms. The summed E-state index contributed by atoms with van der Waals surface area (Å²) < 4.78 is 38.6. The molecule has 2 fully saturated rings. The number of carbonyl (C=O) groups excluding carboxylic acids is 1. The van der Waals surface area contributed by atoms with Crippen LogP contribution in [0.2, 0.25) is 0 Å². The van der Waals surface area contributed by atoms with Crippen LogP contribution < -0.4 is 0 Å². The molecule has 0 saturated carbocycles. The Bertz CT molecular complexity index is 1040. The van der Waals surface area contributed by atoms with Crippen LogP contribution in [0.5, 0.6) is 0 Å². The summed E-state index contributed by atoms with van der Waals surface area (Å²) in [6.45, 7) is 1.85. The number of carbonyl (C=O) groups is 1. The molecule has 144 valence electrons. The van der Waals surface area contributed by atoms with Crippen LogP contribution in [0.25, 0.3) is 22.4 Å². The molecule has 0 spiro atoms. The van der Waals surface area contributed by atoms with Gasteiger partial charge in [-0.05, 0) is 43.2 Å². The molecule has 0 unspecified atom stereocenters. The summed E-state index contributed by atoms with van der Waals surface area (Å²) in [7, 11) is 0.